The van der Waals surface area contributed by atoms with Gasteiger partial charge in [0.15, 0.2) is 0 Å². The van der Waals surface area contributed by atoms with E-state index in [-0.39, 0.29) is 12.4 Å². The summed E-state index contributed by atoms with van der Waals surface area (Å²) in [6.07, 6.45) is 0. The molecule has 2 aromatic rings. The molecule has 0 aromatic heterocycles. The predicted molar refractivity (Wildman–Crippen MR) is 82.3 cm³/mol. The van der Waals surface area contributed by atoms with Crippen LogP contribution in [0.5, 0.6) is 11.5 Å². The highest BCUT2D eigenvalue weighted by molar-refractivity contribution is 5.34. The molecule has 0 aliphatic heterocycles. The fourth-order valence-corrected chi connectivity index (χ4v) is 2.32. The van der Waals surface area contributed by atoms with E-state index in [2.05, 4.69) is 4.90 Å². The van der Waals surface area contributed by atoms with Crippen molar-refractivity contribution in [1.82, 2.24) is 4.90 Å². The first-order chi connectivity index (χ1) is 10.2. The number of hydrogen-bond donors (Lipinski definition) is 2. The van der Waals surface area contributed by atoms with E-state index in [1.165, 1.54) is 0 Å². The summed E-state index contributed by atoms with van der Waals surface area (Å²) in [4.78, 5) is 2.08. The van der Waals surface area contributed by atoms with Crippen molar-refractivity contribution in [3.63, 3.8) is 0 Å². The number of aromatic hydroxyl groups is 1. The molecule has 4 heteroatoms. The van der Waals surface area contributed by atoms with Crippen molar-refractivity contribution in [1.29, 1.82) is 0 Å². The van der Waals surface area contributed by atoms with Gasteiger partial charge in [-0.15, -0.1) is 0 Å². The molecule has 0 heterocycles. The lowest BCUT2D eigenvalue weighted by atomic mass is 10.1. The van der Waals surface area contributed by atoms with Crippen molar-refractivity contribution < 1.29 is 14.9 Å². The highest BCUT2D eigenvalue weighted by atomic mass is 16.5. The Morgan fingerprint density at radius 3 is 2.24 bits per heavy atom. The normalized spacial score (nSPS) is 10.8. The zero-order valence-electron chi connectivity index (χ0n) is 12.2. The van der Waals surface area contributed by atoms with Gasteiger partial charge in [-0.2, -0.15) is 0 Å². The summed E-state index contributed by atoms with van der Waals surface area (Å²) < 4.78 is 5.36. The molecule has 0 fully saturated rings. The van der Waals surface area contributed by atoms with Gasteiger partial charge in [-0.3, -0.25) is 4.90 Å². The topological polar surface area (TPSA) is 52.9 Å². The second-order valence-corrected chi connectivity index (χ2v) is 4.87. The predicted octanol–water partition coefficient (Wildman–Crippen LogP) is 2.40. The van der Waals surface area contributed by atoms with Crippen molar-refractivity contribution in [2.75, 3.05) is 20.3 Å². The smallest absolute Gasteiger partial charge is 0.123 e. The lowest BCUT2D eigenvalue weighted by Gasteiger charge is -2.23. The lowest BCUT2D eigenvalue weighted by Crippen LogP contribution is -2.26. The van der Waals surface area contributed by atoms with Crippen LogP contribution in [0.4, 0.5) is 0 Å². The molecule has 0 unspecified atom stereocenters. The monoisotopic (exact) mass is 287 g/mol. The number of ether oxygens (including phenoxy) is 1. The van der Waals surface area contributed by atoms with Crippen molar-refractivity contribution in [2.45, 2.75) is 13.1 Å². The van der Waals surface area contributed by atoms with Crippen LogP contribution in [0.25, 0.3) is 0 Å². The van der Waals surface area contributed by atoms with Gasteiger partial charge in [0.05, 0.1) is 13.7 Å². The van der Waals surface area contributed by atoms with Gasteiger partial charge in [-0.1, -0.05) is 36.4 Å². The number of phenolic OH excluding ortho intramolecular Hbond substituents is 1. The molecule has 2 aromatic carbocycles. The summed E-state index contributed by atoms with van der Waals surface area (Å²) in [6.45, 7) is 1.83. The highest BCUT2D eigenvalue weighted by Crippen LogP contribution is 2.22. The molecule has 2 N–H and O–H groups in total. The number of aliphatic hydroxyl groups excluding tert-OH is 1. The minimum absolute atomic E-state index is 0.0722. The Balaban J connectivity index is 2.14. The Hall–Kier alpha value is -2.04. The summed E-state index contributed by atoms with van der Waals surface area (Å²) in [5.74, 6) is 1.11. The molecule has 4 nitrogen and oxygen atoms in total. The van der Waals surface area contributed by atoms with Crippen molar-refractivity contribution >= 4 is 0 Å². The van der Waals surface area contributed by atoms with Crippen LogP contribution in [-0.2, 0) is 13.1 Å². The molecule has 21 heavy (non-hydrogen) atoms. The van der Waals surface area contributed by atoms with Gasteiger partial charge in [-0.05, 0) is 12.1 Å². The van der Waals surface area contributed by atoms with E-state index in [0.717, 1.165) is 16.9 Å². The highest BCUT2D eigenvalue weighted by Gasteiger charge is 2.11. The summed E-state index contributed by atoms with van der Waals surface area (Å²) in [6, 6.07) is 15.1. The third-order valence-electron chi connectivity index (χ3n) is 3.39. The van der Waals surface area contributed by atoms with Crippen molar-refractivity contribution in [3.05, 3.63) is 59.7 Å². The first-order valence-electron chi connectivity index (χ1n) is 6.96. The van der Waals surface area contributed by atoms with Crippen LogP contribution in [0.3, 0.4) is 0 Å². The minimum Gasteiger partial charge on any atom is -0.508 e. The van der Waals surface area contributed by atoms with Crippen LogP contribution in [0, 0.1) is 0 Å². The van der Waals surface area contributed by atoms with Crippen LogP contribution >= 0.6 is 0 Å². The van der Waals surface area contributed by atoms with Gasteiger partial charge in [0.1, 0.15) is 11.5 Å². The van der Waals surface area contributed by atoms with E-state index in [0.29, 0.717) is 19.6 Å². The second-order valence-electron chi connectivity index (χ2n) is 4.87. The molecule has 0 saturated carbocycles. The Labute approximate surface area is 125 Å². The zero-order valence-corrected chi connectivity index (χ0v) is 12.2. The standard InChI is InChI=1S/C17H21NO3/c1-21-17-9-5-3-7-15(17)13-18(10-11-19)12-14-6-2-4-8-16(14)20/h2-9,19-20H,10-13H2,1H3. The Bertz CT molecular complexity index is 571. The molecule has 0 amide bonds. The van der Waals surface area contributed by atoms with Gasteiger partial charge < -0.3 is 14.9 Å². The Kier molecular flexibility index (Phi) is 5.60. The van der Waals surface area contributed by atoms with E-state index < -0.39 is 0 Å². The van der Waals surface area contributed by atoms with Crippen LogP contribution in [0.2, 0.25) is 0 Å². The SMILES string of the molecule is COc1ccccc1CN(CCO)Cc1ccccc1O. The van der Waals surface area contributed by atoms with E-state index >= 15 is 0 Å². The Morgan fingerprint density at radius 1 is 0.952 bits per heavy atom. The maximum absolute atomic E-state index is 9.88. The molecular formula is C17H21NO3. The number of rotatable bonds is 7. The molecule has 0 radical (unpaired) electrons. The fourth-order valence-electron chi connectivity index (χ4n) is 2.32. The maximum Gasteiger partial charge on any atom is 0.123 e. The van der Waals surface area contributed by atoms with Gasteiger partial charge in [0, 0.05) is 30.8 Å². The minimum atomic E-state index is 0.0722. The number of nitrogens with zero attached hydrogens (tertiary/aromatic N) is 1. The number of aliphatic hydroxyl groups is 1. The van der Waals surface area contributed by atoms with E-state index in [1.54, 1.807) is 19.2 Å². The zero-order chi connectivity index (χ0) is 15.1. The number of para-hydroxylation sites is 2. The van der Waals surface area contributed by atoms with E-state index in [9.17, 15) is 10.2 Å². The number of benzene rings is 2. The molecule has 112 valence electrons. The molecular weight excluding hydrogens is 266 g/mol. The van der Waals surface area contributed by atoms with Crippen molar-refractivity contribution in [2.24, 2.45) is 0 Å². The third kappa shape index (κ3) is 4.21. The maximum atomic E-state index is 9.88. The molecule has 2 rings (SSSR count). The summed E-state index contributed by atoms with van der Waals surface area (Å²) >= 11 is 0. The average Bonchev–Trinajstić information content (AvgIpc) is 2.50. The van der Waals surface area contributed by atoms with Gasteiger partial charge in [0.25, 0.3) is 0 Å². The van der Waals surface area contributed by atoms with Crippen LogP contribution in [-0.4, -0.2) is 35.4 Å². The first kappa shape index (κ1) is 15.4. The van der Waals surface area contributed by atoms with E-state index in [4.69, 9.17) is 4.74 Å². The number of phenols is 1. The van der Waals surface area contributed by atoms with Crippen LogP contribution < -0.4 is 4.74 Å². The van der Waals surface area contributed by atoms with Crippen molar-refractivity contribution in [3.8, 4) is 11.5 Å². The van der Waals surface area contributed by atoms with Gasteiger partial charge in [-0.25, -0.2) is 0 Å². The molecule has 0 atom stereocenters. The molecule has 0 spiro atoms. The lowest BCUT2D eigenvalue weighted by molar-refractivity contribution is 0.181. The third-order valence-corrected chi connectivity index (χ3v) is 3.39. The van der Waals surface area contributed by atoms with Gasteiger partial charge >= 0.3 is 0 Å². The molecule has 0 aliphatic rings. The molecule has 0 saturated heterocycles. The first-order valence-corrected chi connectivity index (χ1v) is 6.96. The average molecular weight is 287 g/mol. The van der Waals surface area contributed by atoms with Gasteiger partial charge in [0.2, 0.25) is 0 Å². The Morgan fingerprint density at radius 2 is 1.57 bits per heavy atom. The number of methoxy groups -OCH3 is 1. The molecule has 0 aliphatic carbocycles. The summed E-state index contributed by atoms with van der Waals surface area (Å²) in [5.41, 5.74) is 1.91. The largest absolute Gasteiger partial charge is 0.508 e. The van der Waals surface area contributed by atoms with Crippen LogP contribution in [0.15, 0.2) is 48.5 Å². The van der Waals surface area contributed by atoms with E-state index in [1.807, 2.05) is 36.4 Å². The quantitative estimate of drug-likeness (QED) is 0.821. The van der Waals surface area contributed by atoms with Crippen LogP contribution in [0.1, 0.15) is 11.1 Å². The second kappa shape index (κ2) is 7.67. The molecule has 0 bridgehead atoms. The number of hydrogen-bond acceptors (Lipinski definition) is 4. The summed E-state index contributed by atoms with van der Waals surface area (Å²) in [5, 5.41) is 19.1. The fraction of sp³-hybridized carbons (Fsp3) is 0.294. The summed E-state index contributed by atoms with van der Waals surface area (Å²) in [7, 11) is 1.65.